The van der Waals surface area contributed by atoms with E-state index < -0.39 is 60.8 Å². The minimum absolute atomic E-state index is 0.122. The molecule has 0 spiro atoms. The van der Waals surface area contributed by atoms with E-state index in [-0.39, 0.29) is 19.3 Å². The topological polar surface area (TPSA) is 174 Å². The molecule has 1 aliphatic rings. The number of carbonyl (C=O) groups is 5. The average molecular weight is 518 g/mol. The maximum absolute atomic E-state index is 13.1. The molecular formula is C24H35BN4O8. The van der Waals surface area contributed by atoms with Gasteiger partial charge in [0.1, 0.15) is 18.1 Å². The minimum atomic E-state index is -1.79. The molecule has 12 nitrogen and oxygen atoms in total. The number of carbonyl (C=O) groups excluding carboxylic acids is 5. The number of rotatable bonds is 12. The van der Waals surface area contributed by atoms with Crippen LogP contribution >= 0.6 is 0 Å². The Morgan fingerprint density at radius 1 is 1.03 bits per heavy atom. The third-order valence-corrected chi connectivity index (χ3v) is 6.11. The minimum Gasteiger partial charge on any atom is -0.469 e. The summed E-state index contributed by atoms with van der Waals surface area (Å²) in [5, 5.41) is 27.2. The lowest BCUT2D eigenvalue weighted by Crippen LogP contribution is -2.57. The second-order valence-corrected chi connectivity index (χ2v) is 9.00. The molecule has 1 saturated heterocycles. The summed E-state index contributed by atoms with van der Waals surface area (Å²) in [7, 11) is -0.584. The third kappa shape index (κ3) is 9.18. The van der Waals surface area contributed by atoms with Gasteiger partial charge in [-0.2, -0.15) is 0 Å². The van der Waals surface area contributed by atoms with Crippen molar-refractivity contribution in [3.8, 4) is 0 Å². The van der Waals surface area contributed by atoms with Crippen LogP contribution in [0.1, 0.15) is 45.1 Å². The predicted molar refractivity (Wildman–Crippen MR) is 133 cm³/mol. The zero-order valence-electron chi connectivity index (χ0n) is 21.3. The molecule has 4 atom stereocenters. The largest absolute Gasteiger partial charge is 0.475 e. The summed E-state index contributed by atoms with van der Waals surface area (Å²) in [6.45, 7) is 3.23. The zero-order valence-corrected chi connectivity index (χ0v) is 21.3. The summed E-state index contributed by atoms with van der Waals surface area (Å²) in [5.41, 5.74) is 0.808. The van der Waals surface area contributed by atoms with Gasteiger partial charge in [-0.05, 0) is 38.7 Å². The van der Waals surface area contributed by atoms with Gasteiger partial charge in [0, 0.05) is 13.0 Å². The molecule has 2 rings (SSSR count). The van der Waals surface area contributed by atoms with Crippen LogP contribution in [0.2, 0.25) is 0 Å². The van der Waals surface area contributed by atoms with Gasteiger partial charge in [-0.25, -0.2) is 0 Å². The molecule has 0 aromatic heterocycles. The van der Waals surface area contributed by atoms with Crippen LogP contribution in [0.4, 0.5) is 0 Å². The lowest BCUT2D eigenvalue weighted by atomic mass is 9.75. The Bertz CT molecular complexity index is 961. The van der Waals surface area contributed by atoms with Gasteiger partial charge in [-0.3, -0.25) is 24.0 Å². The number of nitrogens with one attached hydrogen (secondary N) is 3. The zero-order chi connectivity index (χ0) is 27.5. The standard InChI is InChI=1S/C24H35BN4O8/c1-15(26-20(30)11-12-21(31)37-3)22(32)27-16(2)24(34)29-13-7-10-18(29)23(33)28-19(25(35)36)14-17-8-5-4-6-9-17/h4-6,8-9,15-16,18-19,35-36H,7,10-14H2,1-3H3,(H,26,30)(H,27,32)(H,28,33)/t15-,16-,18-,19-/m0/s1. The molecule has 1 heterocycles. The molecule has 1 aliphatic heterocycles. The lowest BCUT2D eigenvalue weighted by molar-refractivity contribution is -0.142. The summed E-state index contributed by atoms with van der Waals surface area (Å²) >= 11 is 0. The van der Waals surface area contributed by atoms with Crippen LogP contribution < -0.4 is 16.0 Å². The molecule has 0 radical (unpaired) electrons. The number of esters is 1. The first-order chi connectivity index (χ1) is 17.5. The second-order valence-electron chi connectivity index (χ2n) is 9.00. The summed E-state index contributed by atoms with van der Waals surface area (Å²) in [5.74, 6) is -3.61. The first kappa shape index (κ1) is 29.8. The van der Waals surface area contributed by atoms with E-state index in [4.69, 9.17) is 0 Å². The van der Waals surface area contributed by atoms with Crippen molar-refractivity contribution in [3.05, 3.63) is 35.9 Å². The highest BCUT2D eigenvalue weighted by Crippen LogP contribution is 2.19. The van der Waals surface area contributed by atoms with Gasteiger partial charge in [0.25, 0.3) is 0 Å². The maximum Gasteiger partial charge on any atom is 0.475 e. The highest BCUT2D eigenvalue weighted by atomic mass is 16.5. The van der Waals surface area contributed by atoms with E-state index in [2.05, 4.69) is 20.7 Å². The molecule has 0 saturated carbocycles. The van der Waals surface area contributed by atoms with Crippen molar-refractivity contribution in [2.45, 2.75) is 70.0 Å². The van der Waals surface area contributed by atoms with Crippen molar-refractivity contribution in [2.24, 2.45) is 0 Å². The fraction of sp³-hybridized carbons (Fsp3) is 0.542. The molecular weight excluding hydrogens is 483 g/mol. The van der Waals surface area contributed by atoms with Gasteiger partial charge >= 0.3 is 13.1 Å². The SMILES string of the molecule is COC(=O)CCC(=O)N[C@@H](C)C(=O)N[C@@H](C)C(=O)N1CCC[C@H]1C(=O)N[C@@H](Cc1ccccc1)B(O)O. The predicted octanol–water partition coefficient (Wildman–Crippen LogP) is -1.32. The van der Waals surface area contributed by atoms with Gasteiger partial charge in [0.2, 0.25) is 23.6 Å². The van der Waals surface area contributed by atoms with Crippen molar-refractivity contribution >= 4 is 36.7 Å². The Hall–Kier alpha value is -3.45. The fourth-order valence-electron chi connectivity index (χ4n) is 4.03. The number of benzene rings is 1. The fourth-order valence-corrected chi connectivity index (χ4v) is 4.03. The Morgan fingerprint density at radius 3 is 2.32 bits per heavy atom. The smallest absolute Gasteiger partial charge is 0.469 e. The second kappa shape index (κ2) is 14.3. The monoisotopic (exact) mass is 518 g/mol. The van der Waals surface area contributed by atoms with Crippen LogP contribution in [0.15, 0.2) is 30.3 Å². The Balaban J connectivity index is 1.92. The van der Waals surface area contributed by atoms with E-state index in [1.807, 2.05) is 6.07 Å². The van der Waals surface area contributed by atoms with Crippen LogP contribution in [0.25, 0.3) is 0 Å². The highest BCUT2D eigenvalue weighted by Gasteiger charge is 2.38. The number of nitrogens with zero attached hydrogens (tertiary/aromatic N) is 1. The molecule has 4 amide bonds. The summed E-state index contributed by atoms with van der Waals surface area (Å²) in [6, 6.07) is 6.30. The van der Waals surface area contributed by atoms with E-state index in [1.54, 1.807) is 24.3 Å². The number of methoxy groups -OCH3 is 1. The molecule has 1 aromatic rings. The Kier molecular flexibility index (Phi) is 11.5. The molecule has 13 heteroatoms. The molecule has 37 heavy (non-hydrogen) atoms. The first-order valence-electron chi connectivity index (χ1n) is 12.2. The number of hydrogen-bond donors (Lipinski definition) is 5. The third-order valence-electron chi connectivity index (χ3n) is 6.11. The van der Waals surface area contributed by atoms with E-state index in [0.717, 1.165) is 5.56 Å². The van der Waals surface area contributed by atoms with E-state index >= 15 is 0 Å². The molecule has 5 N–H and O–H groups in total. The number of likely N-dealkylation sites (tertiary alicyclic amines) is 1. The maximum atomic E-state index is 13.1. The molecule has 0 unspecified atom stereocenters. The van der Waals surface area contributed by atoms with E-state index in [0.29, 0.717) is 19.4 Å². The van der Waals surface area contributed by atoms with E-state index in [1.165, 1.54) is 25.9 Å². The van der Waals surface area contributed by atoms with Crippen molar-refractivity contribution in [3.63, 3.8) is 0 Å². The molecule has 1 fully saturated rings. The van der Waals surface area contributed by atoms with Gasteiger partial charge in [0.05, 0.1) is 19.5 Å². The van der Waals surface area contributed by atoms with Gasteiger partial charge < -0.3 is 35.6 Å². The number of amides is 4. The molecule has 0 aliphatic carbocycles. The van der Waals surface area contributed by atoms with Crippen LogP contribution in [0.5, 0.6) is 0 Å². The number of ether oxygens (including phenoxy) is 1. The Labute approximate surface area is 216 Å². The van der Waals surface area contributed by atoms with Crippen molar-refractivity contribution in [1.29, 1.82) is 0 Å². The van der Waals surface area contributed by atoms with Crippen LogP contribution in [0, 0.1) is 0 Å². The molecule has 0 bridgehead atoms. The lowest BCUT2D eigenvalue weighted by Gasteiger charge is -2.29. The molecule has 202 valence electrons. The normalized spacial score (nSPS) is 17.2. The quantitative estimate of drug-likeness (QED) is 0.167. The summed E-state index contributed by atoms with van der Waals surface area (Å²) in [4.78, 5) is 63.0. The average Bonchev–Trinajstić information content (AvgIpc) is 3.36. The van der Waals surface area contributed by atoms with Crippen molar-refractivity contribution < 1.29 is 38.8 Å². The van der Waals surface area contributed by atoms with Crippen LogP contribution in [-0.4, -0.2) is 89.4 Å². The van der Waals surface area contributed by atoms with Crippen molar-refractivity contribution in [2.75, 3.05) is 13.7 Å². The molecule has 1 aromatic carbocycles. The van der Waals surface area contributed by atoms with Gasteiger partial charge in [0.15, 0.2) is 0 Å². The van der Waals surface area contributed by atoms with E-state index in [9.17, 15) is 34.0 Å². The van der Waals surface area contributed by atoms with Gasteiger partial charge in [-0.1, -0.05) is 30.3 Å². The highest BCUT2D eigenvalue weighted by molar-refractivity contribution is 6.43. The van der Waals surface area contributed by atoms with Crippen LogP contribution in [0.3, 0.4) is 0 Å². The van der Waals surface area contributed by atoms with Crippen LogP contribution in [-0.2, 0) is 35.1 Å². The first-order valence-corrected chi connectivity index (χ1v) is 12.2. The summed E-state index contributed by atoms with van der Waals surface area (Å²) < 4.78 is 4.47. The Morgan fingerprint density at radius 2 is 1.70 bits per heavy atom. The van der Waals surface area contributed by atoms with Crippen molar-refractivity contribution in [1.82, 2.24) is 20.9 Å². The summed E-state index contributed by atoms with van der Waals surface area (Å²) in [6.07, 6.45) is 0.897. The van der Waals surface area contributed by atoms with Gasteiger partial charge in [-0.15, -0.1) is 0 Å². The number of hydrogen-bond acceptors (Lipinski definition) is 8.